The zero-order valence-electron chi connectivity index (χ0n) is 9.16. The summed E-state index contributed by atoms with van der Waals surface area (Å²) in [5, 5.41) is 8.96. The van der Waals surface area contributed by atoms with Crippen molar-refractivity contribution in [1.29, 1.82) is 0 Å². The van der Waals surface area contributed by atoms with Crippen LogP contribution < -0.4 is 0 Å². The Labute approximate surface area is 85.2 Å². The maximum Gasteiger partial charge on any atom is 0.180 e. The Morgan fingerprint density at radius 2 is 2.29 bits per heavy atom. The molecule has 2 unspecified atom stereocenters. The lowest BCUT2D eigenvalue weighted by Gasteiger charge is -2.20. The number of rotatable bonds is 5. The van der Waals surface area contributed by atoms with Gasteiger partial charge in [0.2, 0.25) is 0 Å². The van der Waals surface area contributed by atoms with Crippen LogP contribution in [0.15, 0.2) is 0 Å². The van der Waals surface area contributed by atoms with E-state index in [1.54, 1.807) is 0 Å². The van der Waals surface area contributed by atoms with E-state index in [1.807, 2.05) is 20.8 Å². The van der Waals surface area contributed by atoms with Crippen LogP contribution in [0, 0.1) is 0 Å². The van der Waals surface area contributed by atoms with E-state index in [-0.39, 0.29) is 18.3 Å². The molecule has 1 rings (SSSR count). The minimum absolute atomic E-state index is 0.0358. The van der Waals surface area contributed by atoms with Crippen molar-refractivity contribution in [3.8, 4) is 0 Å². The van der Waals surface area contributed by atoms with Crippen LogP contribution in [0.4, 0.5) is 0 Å². The van der Waals surface area contributed by atoms with Crippen LogP contribution in [0.2, 0.25) is 0 Å². The second kappa shape index (κ2) is 5.07. The molecule has 0 saturated carbocycles. The standard InChI is InChI=1S/C10H20O4/c1-4-12-9(6-11)14-8-5-10(2,3)13-7-8/h8-9,11H,4-7H2,1-3H3. The Morgan fingerprint density at radius 1 is 1.57 bits per heavy atom. The number of aliphatic hydroxyl groups excluding tert-OH is 1. The molecule has 0 radical (unpaired) electrons. The summed E-state index contributed by atoms with van der Waals surface area (Å²) in [5.74, 6) is 0. The lowest BCUT2D eigenvalue weighted by atomic mass is 10.1. The van der Waals surface area contributed by atoms with Gasteiger partial charge in [0.1, 0.15) is 0 Å². The summed E-state index contributed by atoms with van der Waals surface area (Å²) >= 11 is 0. The quantitative estimate of drug-likeness (QED) is 0.677. The molecule has 4 heteroatoms. The van der Waals surface area contributed by atoms with Gasteiger partial charge in [0, 0.05) is 13.0 Å². The molecular weight excluding hydrogens is 184 g/mol. The summed E-state index contributed by atoms with van der Waals surface area (Å²) < 4.78 is 16.2. The highest BCUT2D eigenvalue weighted by atomic mass is 16.7. The second-order valence-electron chi connectivity index (χ2n) is 4.10. The molecule has 4 nitrogen and oxygen atoms in total. The summed E-state index contributed by atoms with van der Waals surface area (Å²) in [6.45, 7) is 6.96. The van der Waals surface area contributed by atoms with Crippen molar-refractivity contribution >= 4 is 0 Å². The van der Waals surface area contributed by atoms with Crippen molar-refractivity contribution in [2.75, 3.05) is 19.8 Å². The minimum Gasteiger partial charge on any atom is -0.391 e. The fraction of sp³-hybridized carbons (Fsp3) is 1.00. The fourth-order valence-electron chi connectivity index (χ4n) is 1.61. The van der Waals surface area contributed by atoms with Crippen LogP contribution in [-0.2, 0) is 14.2 Å². The third-order valence-electron chi connectivity index (χ3n) is 2.23. The zero-order valence-corrected chi connectivity index (χ0v) is 9.16. The molecule has 0 amide bonds. The lowest BCUT2D eigenvalue weighted by molar-refractivity contribution is -0.184. The van der Waals surface area contributed by atoms with Crippen molar-refractivity contribution in [2.45, 2.75) is 45.2 Å². The van der Waals surface area contributed by atoms with Crippen LogP contribution in [0.3, 0.4) is 0 Å². The van der Waals surface area contributed by atoms with Crippen molar-refractivity contribution in [2.24, 2.45) is 0 Å². The van der Waals surface area contributed by atoms with E-state index in [1.165, 1.54) is 0 Å². The Kier molecular flexibility index (Phi) is 4.31. The maximum absolute atomic E-state index is 8.96. The Balaban J connectivity index is 2.30. The Morgan fingerprint density at radius 3 is 2.71 bits per heavy atom. The Bertz CT molecular complexity index is 170. The summed E-state index contributed by atoms with van der Waals surface area (Å²) in [7, 11) is 0. The number of aliphatic hydroxyl groups is 1. The highest BCUT2D eigenvalue weighted by Crippen LogP contribution is 2.27. The van der Waals surface area contributed by atoms with Crippen LogP contribution in [0.25, 0.3) is 0 Å². The summed E-state index contributed by atoms with van der Waals surface area (Å²) in [5.41, 5.74) is -0.114. The normalized spacial score (nSPS) is 27.9. The molecule has 1 saturated heterocycles. The van der Waals surface area contributed by atoms with Gasteiger partial charge in [0.15, 0.2) is 6.29 Å². The van der Waals surface area contributed by atoms with Gasteiger partial charge >= 0.3 is 0 Å². The number of hydrogen-bond donors (Lipinski definition) is 1. The van der Waals surface area contributed by atoms with Gasteiger partial charge in [-0.2, -0.15) is 0 Å². The molecule has 0 aromatic carbocycles. The maximum atomic E-state index is 8.96. The van der Waals surface area contributed by atoms with Crippen molar-refractivity contribution in [3.63, 3.8) is 0 Å². The SMILES string of the molecule is CCOC(CO)OC1COC(C)(C)C1. The van der Waals surface area contributed by atoms with E-state index >= 15 is 0 Å². The van der Waals surface area contributed by atoms with Gasteiger partial charge in [-0.05, 0) is 20.8 Å². The van der Waals surface area contributed by atoms with Gasteiger partial charge < -0.3 is 19.3 Å². The highest BCUT2D eigenvalue weighted by molar-refractivity contribution is 4.81. The average Bonchev–Trinajstić information content (AvgIpc) is 2.45. The van der Waals surface area contributed by atoms with Crippen LogP contribution >= 0.6 is 0 Å². The van der Waals surface area contributed by atoms with Gasteiger partial charge in [0.05, 0.1) is 24.9 Å². The van der Waals surface area contributed by atoms with E-state index < -0.39 is 6.29 Å². The molecule has 1 N–H and O–H groups in total. The molecule has 14 heavy (non-hydrogen) atoms. The van der Waals surface area contributed by atoms with Crippen molar-refractivity contribution in [1.82, 2.24) is 0 Å². The molecule has 1 heterocycles. The van der Waals surface area contributed by atoms with Gasteiger partial charge in [-0.15, -0.1) is 0 Å². The van der Waals surface area contributed by atoms with Crippen molar-refractivity contribution < 1.29 is 19.3 Å². The smallest absolute Gasteiger partial charge is 0.180 e. The molecule has 84 valence electrons. The molecule has 0 aromatic rings. The first-order chi connectivity index (χ1) is 6.57. The summed E-state index contributed by atoms with van der Waals surface area (Å²) in [6.07, 6.45) is 0.368. The molecule has 1 aliphatic rings. The van der Waals surface area contributed by atoms with Crippen LogP contribution in [0.1, 0.15) is 27.2 Å². The second-order valence-corrected chi connectivity index (χ2v) is 4.10. The third-order valence-corrected chi connectivity index (χ3v) is 2.23. The van der Waals surface area contributed by atoms with E-state index in [2.05, 4.69) is 0 Å². The molecule has 0 aromatic heterocycles. The predicted octanol–water partition coefficient (Wildman–Crippen LogP) is 0.925. The monoisotopic (exact) mass is 204 g/mol. The van der Waals surface area contributed by atoms with Gasteiger partial charge in [-0.25, -0.2) is 0 Å². The molecule has 1 aliphatic heterocycles. The number of ether oxygens (including phenoxy) is 3. The largest absolute Gasteiger partial charge is 0.391 e. The molecule has 0 spiro atoms. The number of hydrogen-bond acceptors (Lipinski definition) is 4. The highest BCUT2D eigenvalue weighted by Gasteiger charge is 2.33. The van der Waals surface area contributed by atoms with E-state index in [4.69, 9.17) is 19.3 Å². The van der Waals surface area contributed by atoms with Crippen LogP contribution in [-0.4, -0.2) is 42.9 Å². The van der Waals surface area contributed by atoms with E-state index in [0.717, 1.165) is 6.42 Å². The first-order valence-electron chi connectivity index (χ1n) is 5.09. The minimum atomic E-state index is -0.512. The molecule has 2 atom stereocenters. The topological polar surface area (TPSA) is 47.9 Å². The van der Waals surface area contributed by atoms with Crippen LogP contribution in [0.5, 0.6) is 0 Å². The van der Waals surface area contributed by atoms with Gasteiger partial charge in [-0.3, -0.25) is 0 Å². The molecule has 0 bridgehead atoms. The predicted molar refractivity (Wildman–Crippen MR) is 52.0 cm³/mol. The summed E-state index contributed by atoms with van der Waals surface area (Å²) in [4.78, 5) is 0. The van der Waals surface area contributed by atoms with Gasteiger partial charge in [-0.1, -0.05) is 0 Å². The molecule has 0 aliphatic carbocycles. The van der Waals surface area contributed by atoms with Gasteiger partial charge in [0.25, 0.3) is 0 Å². The zero-order chi connectivity index (χ0) is 10.6. The average molecular weight is 204 g/mol. The molecular formula is C10H20O4. The summed E-state index contributed by atoms with van der Waals surface area (Å²) in [6, 6.07) is 0. The third kappa shape index (κ3) is 3.53. The first kappa shape index (κ1) is 11.9. The fourth-order valence-corrected chi connectivity index (χ4v) is 1.61. The lowest BCUT2D eigenvalue weighted by Crippen LogP contribution is -2.28. The van der Waals surface area contributed by atoms with E-state index in [0.29, 0.717) is 13.2 Å². The Hall–Kier alpha value is -0.160. The molecule has 1 fully saturated rings. The van der Waals surface area contributed by atoms with E-state index in [9.17, 15) is 0 Å². The van der Waals surface area contributed by atoms with Crippen molar-refractivity contribution in [3.05, 3.63) is 0 Å². The first-order valence-corrected chi connectivity index (χ1v) is 5.09.